The minimum Gasteiger partial charge on any atom is -0.363 e. The first-order valence-electron chi connectivity index (χ1n) is 9.53. The molecule has 162 valence electrons. The van der Waals surface area contributed by atoms with E-state index < -0.39 is 21.7 Å². The first-order chi connectivity index (χ1) is 15.2. The molecule has 0 saturated carbocycles. The number of sulfone groups is 1. The van der Waals surface area contributed by atoms with Crippen molar-refractivity contribution in [3.8, 4) is 11.1 Å². The van der Waals surface area contributed by atoms with E-state index in [9.17, 15) is 18.0 Å². The second kappa shape index (κ2) is 8.23. The van der Waals surface area contributed by atoms with E-state index in [0.717, 1.165) is 22.9 Å². The zero-order valence-electron chi connectivity index (χ0n) is 17.0. The highest BCUT2D eigenvalue weighted by Gasteiger charge is 2.18. The number of pyridine rings is 1. The standard InChI is InChI=1S/C22H19N5O4S/c1-32(30,31)16-4-2-13(3-5-16)12-25-22(29)17-10-15(14-6-8-24-9-7-14)11-18-19(17)27-21(26-18)20(23)28/h2-11H,12H2,1H3,(H2,23,28)(H,25,29)(H,26,27). The molecular weight excluding hydrogens is 430 g/mol. The number of hydrogen-bond acceptors (Lipinski definition) is 6. The summed E-state index contributed by atoms with van der Waals surface area (Å²) >= 11 is 0. The quantitative estimate of drug-likeness (QED) is 0.410. The SMILES string of the molecule is CS(=O)(=O)c1ccc(CNC(=O)c2cc(-c3ccncc3)cc3[nH]c(C(N)=O)nc23)cc1. The number of carbonyl (C=O) groups is 2. The van der Waals surface area contributed by atoms with Crippen LogP contribution in [0.4, 0.5) is 0 Å². The molecular formula is C22H19N5O4S. The number of carbonyl (C=O) groups excluding carboxylic acids is 2. The molecule has 2 heterocycles. The van der Waals surface area contributed by atoms with Crippen LogP contribution in [0.25, 0.3) is 22.2 Å². The van der Waals surface area contributed by atoms with Crippen LogP contribution in [0.5, 0.6) is 0 Å². The molecule has 0 unspecified atom stereocenters. The van der Waals surface area contributed by atoms with Crippen LogP contribution < -0.4 is 11.1 Å². The summed E-state index contributed by atoms with van der Waals surface area (Å²) in [5, 5.41) is 2.81. The van der Waals surface area contributed by atoms with E-state index in [1.807, 2.05) is 0 Å². The van der Waals surface area contributed by atoms with Crippen molar-refractivity contribution in [1.29, 1.82) is 0 Å². The smallest absolute Gasteiger partial charge is 0.284 e. The molecule has 0 radical (unpaired) electrons. The van der Waals surface area contributed by atoms with E-state index >= 15 is 0 Å². The summed E-state index contributed by atoms with van der Waals surface area (Å²) in [5.41, 5.74) is 8.73. The number of aromatic amines is 1. The summed E-state index contributed by atoms with van der Waals surface area (Å²) in [4.78, 5) is 35.9. The second-order valence-electron chi connectivity index (χ2n) is 7.20. The molecule has 0 fully saturated rings. The maximum absolute atomic E-state index is 13.0. The van der Waals surface area contributed by atoms with E-state index in [-0.39, 0.29) is 22.8 Å². The predicted molar refractivity (Wildman–Crippen MR) is 119 cm³/mol. The predicted octanol–water partition coefficient (Wildman–Crippen LogP) is 2.06. The normalized spacial score (nSPS) is 11.4. The number of fused-ring (bicyclic) bond motifs is 1. The van der Waals surface area contributed by atoms with Crippen LogP contribution in [-0.4, -0.2) is 41.4 Å². The van der Waals surface area contributed by atoms with Crippen molar-refractivity contribution < 1.29 is 18.0 Å². The van der Waals surface area contributed by atoms with Crippen LogP contribution in [0, 0.1) is 0 Å². The number of nitrogens with zero attached hydrogens (tertiary/aromatic N) is 2. The van der Waals surface area contributed by atoms with E-state index in [2.05, 4.69) is 20.3 Å². The molecule has 4 aromatic rings. The number of hydrogen-bond donors (Lipinski definition) is 3. The lowest BCUT2D eigenvalue weighted by molar-refractivity contribution is 0.0950. The maximum atomic E-state index is 13.0. The number of nitrogens with one attached hydrogen (secondary N) is 2. The number of aromatic nitrogens is 3. The van der Waals surface area contributed by atoms with Crippen molar-refractivity contribution in [3.05, 3.63) is 77.9 Å². The minimum absolute atomic E-state index is 0.0442. The Morgan fingerprint density at radius 2 is 1.72 bits per heavy atom. The Hall–Kier alpha value is -4.05. The highest BCUT2D eigenvalue weighted by atomic mass is 32.2. The molecule has 4 rings (SSSR count). The van der Waals surface area contributed by atoms with Gasteiger partial charge in [-0.2, -0.15) is 0 Å². The molecule has 0 bridgehead atoms. The van der Waals surface area contributed by atoms with Crippen LogP contribution >= 0.6 is 0 Å². The Morgan fingerprint density at radius 1 is 1.03 bits per heavy atom. The Kier molecular flexibility index (Phi) is 5.45. The number of benzene rings is 2. The largest absolute Gasteiger partial charge is 0.363 e. The fraction of sp³-hybridized carbons (Fsp3) is 0.0909. The Morgan fingerprint density at radius 3 is 2.34 bits per heavy atom. The fourth-order valence-corrected chi connectivity index (χ4v) is 3.88. The summed E-state index contributed by atoms with van der Waals surface area (Å²) in [6.45, 7) is 0.178. The van der Waals surface area contributed by atoms with Crippen LogP contribution in [0.1, 0.15) is 26.5 Å². The third kappa shape index (κ3) is 4.35. The number of nitrogens with two attached hydrogens (primary N) is 1. The van der Waals surface area contributed by atoms with E-state index in [0.29, 0.717) is 11.0 Å². The lowest BCUT2D eigenvalue weighted by atomic mass is 10.0. The maximum Gasteiger partial charge on any atom is 0.284 e. The van der Waals surface area contributed by atoms with Crippen molar-refractivity contribution in [2.45, 2.75) is 11.4 Å². The van der Waals surface area contributed by atoms with Gasteiger partial charge in [-0.3, -0.25) is 14.6 Å². The molecule has 0 atom stereocenters. The average Bonchev–Trinajstić information content (AvgIpc) is 3.22. The Bertz CT molecular complexity index is 1430. The summed E-state index contributed by atoms with van der Waals surface area (Å²) in [7, 11) is -3.30. The van der Waals surface area contributed by atoms with Crippen LogP contribution in [-0.2, 0) is 16.4 Å². The van der Waals surface area contributed by atoms with Gasteiger partial charge in [0, 0.05) is 25.2 Å². The number of amides is 2. The third-order valence-electron chi connectivity index (χ3n) is 4.88. The van der Waals surface area contributed by atoms with Gasteiger partial charge in [-0.05, 0) is 53.1 Å². The summed E-state index contributed by atoms with van der Waals surface area (Å²) in [5.74, 6) is -1.18. The second-order valence-corrected chi connectivity index (χ2v) is 9.22. The molecule has 2 amide bonds. The summed E-state index contributed by atoms with van der Waals surface area (Å²) in [6, 6.07) is 13.3. The van der Waals surface area contributed by atoms with Gasteiger partial charge in [0.2, 0.25) is 0 Å². The molecule has 9 nitrogen and oxygen atoms in total. The molecule has 0 aliphatic heterocycles. The van der Waals surface area contributed by atoms with Crippen molar-refractivity contribution in [2.24, 2.45) is 5.73 Å². The van der Waals surface area contributed by atoms with Crippen molar-refractivity contribution in [2.75, 3.05) is 6.26 Å². The van der Waals surface area contributed by atoms with E-state index in [4.69, 9.17) is 5.73 Å². The van der Waals surface area contributed by atoms with Gasteiger partial charge in [-0.15, -0.1) is 0 Å². The van der Waals surface area contributed by atoms with Gasteiger partial charge in [0.05, 0.1) is 16.0 Å². The number of imidazole rings is 1. The zero-order chi connectivity index (χ0) is 22.9. The summed E-state index contributed by atoms with van der Waals surface area (Å²) < 4.78 is 23.2. The van der Waals surface area contributed by atoms with Crippen LogP contribution in [0.3, 0.4) is 0 Å². The van der Waals surface area contributed by atoms with Crippen molar-refractivity contribution in [1.82, 2.24) is 20.3 Å². The van der Waals surface area contributed by atoms with E-state index in [1.54, 1.807) is 48.8 Å². The van der Waals surface area contributed by atoms with Gasteiger partial charge in [-0.1, -0.05) is 12.1 Å². The molecule has 0 spiro atoms. The lowest BCUT2D eigenvalue weighted by Crippen LogP contribution is -2.23. The van der Waals surface area contributed by atoms with Gasteiger partial charge in [0.15, 0.2) is 15.7 Å². The number of primary amides is 1. The fourth-order valence-electron chi connectivity index (χ4n) is 3.25. The highest BCUT2D eigenvalue weighted by molar-refractivity contribution is 7.90. The van der Waals surface area contributed by atoms with Gasteiger partial charge in [0.25, 0.3) is 11.8 Å². The molecule has 0 aliphatic rings. The summed E-state index contributed by atoms with van der Waals surface area (Å²) in [6.07, 6.45) is 4.41. The lowest BCUT2D eigenvalue weighted by Gasteiger charge is -2.09. The molecule has 0 saturated heterocycles. The molecule has 32 heavy (non-hydrogen) atoms. The van der Waals surface area contributed by atoms with Crippen molar-refractivity contribution >= 4 is 32.7 Å². The zero-order valence-corrected chi connectivity index (χ0v) is 17.8. The van der Waals surface area contributed by atoms with Gasteiger partial charge < -0.3 is 16.0 Å². The average molecular weight is 449 g/mol. The first-order valence-corrected chi connectivity index (χ1v) is 11.4. The molecule has 2 aromatic carbocycles. The number of rotatable bonds is 6. The topological polar surface area (TPSA) is 148 Å². The third-order valence-corrected chi connectivity index (χ3v) is 6.01. The molecule has 10 heteroatoms. The van der Waals surface area contributed by atoms with Gasteiger partial charge >= 0.3 is 0 Å². The Labute approximate surface area is 183 Å². The van der Waals surface area contributed by atoms with Crippen LogP contribution in [0.15, 0.2) is 65.8 Å². The van der Waals surface area contributed by atoms with Gasteiger partial charge in [0.1, 0.15) is 5.52 Å². The van der Waals surface area contributed by atoms with Crippen LogP contribution in [0.2, 0.25) is 0 Å². The monoisotopic (exact) mass is 449 g/mol. The minimum atomic E-state index is -3.30. The van der Waals surface area contributed by atoms with Crippen molar-refractivity contribution in [3.63, 3.8) is 0 Å². The Balaban J connectivity index is 1.67. The number of H-pyrrole nitrogens is 1. The highest BCUT2D eigenvalue weighted by Crippen LogP contribution is 2.26. The van der Waals surface area contributed by atoms with E-state index in [1.165, 1.54) is 12.1 Å². The van der Waals surface area contributed by atoms with Gasteiger partial charge in [-0.25, -0.2) is 13.4 Å². The molecule has 0 aliphatic carbocycles. The first kappa shape index (κ1) is 21.2. The molecule has 2 aromatic heterocycles. The molecule has 4 N–H and O–H groups in total.